The molecule has 1 aliphatic rings. The highest BCUT2D eigenvalue weighted by Crippen LogP contribution is 2.16. The number of benzene rings is 2. The minimum Gasteiger partial charge on any atom is -0.366 e. The number of hydrogen-bond acceptors (Lipinski definition) is 3. The van der Waals surface area contributed by atoms with Crippen molar-refractivity contribution < 1.29 is 9.59 Å². The molecule has 0 bridgehead atoms. The largest absolute Gasteiger partial charge is 0.366 e. The molecule has 1 heterocycles. The molecular formula is C21H25N3O2. The second-order valence-electron chi connectivity index (χ2n) is 6.73. The van der Waals surface area contributed by atoms with E-state index >= 15 is 0 Å². The first-order chi connectivity index (χ1) is 12.6. The number of amides is 2. The summed E-state index contributed by atoms with van der Waals surface area (Å²) < 4.78 is 0. The van der Waals surface area contributed by atoms with E-state index in [0.29, 0.717) is 17.7 Å². The Kier molecular flexibility index (Phi) is 6.02. The van der Waals surface area contributed by atoms with Crippen LogP contribution in [0.4, 0.5) is 0 Å². The van der Waals surface area contributed by atoms with Crippen LogP contribution < -0.4 is 11.1 Å². The zero-order valence-corrected chi connectivity index (χ0v) is 14.9. The SMILES string of the molecule is NC(=O)c1ccc(C(=O)NCc2ccccc2CN2CCCCC2)cc1. The number of nitrogens with zero attached hydrogens (tertiary/aromatic N) is 1. The molecule has 5 nitrogen and oxygen atoms in total. The lowest BCUT2D eigenvalue weighted by Crippen LogP contribution is -2.30. The van der Waals surface area contributed by atoms with Gasteiger partial charge in [0.2, 0.25) is 5.91 Å². The maximum Gasteiger partial charge on any atom is 0.251 e. The molecule has 26 heavy (non-hydrogen) atoms. The van der Waals surface area contributed by atoms with Gasteiger partial charge in [-0.1, -0.05) is 30.7 Å². The first-order valence-electron chi connectivity index (χ1n) is 9.10. The molecule has 0 aliphatic carbocycles. The van der Waals surface area contributed by atoms with Crippen molar-refractivity contribution in [2.24, 2.45) is 5.73 Å². The van der Waals surface area contributed by atoms with Gasteiger partial charge in [-0.15, -0.1) is 0 Å². The molecule has 0 unspecified atom stereocenters. The fourth-order valence-corrected chi connectivity index (χ4v) is 3.31. The van der Waals surface area contributed by atoms with E-state index in [1.807, 2.05) is 12.1 Å². The number of nitrogens with two attached hydrogens (primary N) is 1. The monoisotopic (exact) mass is 351 g/mol. The second kappa shape index (κ2) is 8.63. The van der Waals surface area contributed by atoms with E-state index in [-0.39, 0.29) is 5.91 Å². The number of rotatable bonds is 6. The zero-order valence-electron chi connectivity index (χ0n) is 14.9. The highest BCUT2D eigenvalue weighted by Gasteiger charge is 2.13. The number of primary amides is 1. The molecule has 136 valence electrons. The van der Waals surface area contributed by atoms with Gasteiger partial charge < -0.3 is 11.1 Å². The molecule has 2 aromatic rings. The lowest BCUT2D eigenvalue weighted by atomic mass is 10.0. The normalized spacial score (nSPS) is 14.8. The third-order valence-electron chi connectivity index (χ3n) is 4.83. The third kappa shape index (κ3) is 4.70. The Bertz CT molecular complexity index is 765. The Balaban J connectivity index is 1.61. The topological polar surface area (TPSA) is 75.4 Å². The number of likely N-dealkylation sites (tertiary alicyclic amines) is 1. The molecule has 2 amide bonds. The van der Waals surface area contributed by atoms with Crippen LogP contribution in [0.5, 0.6) is 0 Å². The van der Waals surface area contributed by atoms with E-state index in [2.05, 4.69) is 22.3 Å². The fraction of sp³-hybridized carbons (Fsp3) is 0.333. The van der Waals surface area contributed by atoms with E-state index in [9.17, 15) is 9.59 Å². The molecule has 3 N–H and O–H groups in total. The molecule has 0 spiro atoms. The van der Waals surface area contributed by atoms with Gasteiger partial charge in [-0.25, -0.2) is 0 Å². The van der Waals surface area contributed by atoms with Crippen LogP contribution in [0.15, 0.2) is 48.5 Å². The highest BCUT2D eigenvalue weighted by molar-refractivity contribution is 5.97. The predicted octanol–water partition coefficient (Wildman–Crippen LogP) is 2.70. The van der Waals surface area contributed by atoms with E-state index in [0.717, 1.165) is 25.2 Å². The Morgan fingerprint density at radius 1 is 0.885 bits per heavy atom. The van der Waals surface area contributed by atoms with Crippen LogP contribution >= 0.6 is 0 Å². The lowest BCUT2D eigenvalue weighted by molar-refractivity contribution is 0.0948. The minimum absolute atomic E-state index is 0.159. The molecule has 1 saturated heterocycles. The summed E-state index contributed by atoms with van der Waals surface area (Å²) >= 11 is 0. The van der Waals surface area contributed by atoms with Crippen molar-refractivity contribution in [1.29, 1.82) is 0 Å². The number of hydrogen-bond donors (Lipinski definition) is 2. The summed E-state index contributed by atoms with van der Waals surface area (Å²) in [4.78, 5) is 26.0. The molecule has 1 fully saturated rings. The molecule has 0 saturated carbocycles. The van der Waals surface area contributed by atoms with Crippen molar-refractivity contribution in [3.63, 3.8) is 0 Å². The van der Waals surface area contributed by atoms with Gasteiger partial charge in [0.25, 0.3) is 5.91 Å². The average molecular weight is 351 g/mol. The summed E-state index contributed by atoms with van der Waals surface area (Å²) in [5.41, 5.74) is 8.54. The molecule has 3 rings (SSSR count). The average Bonchev–Trinajstić information content (AvgIpc) is 2.68. The quantitative estimate of drug-likeness (QED) is 0.840. The van der Waals surface area contributed by atoms with Gasteiger partial charge in [0, 0.05) is 24.2 Å². The molecule has 5 heteroatoms. The van der Waals surface area contributed by atoms with Crippen LogP contribution in [0.1, 0.15) is 51.1 Å². The van der Waals surface area contributed by atoms with Gasteiger partial charge in [0.1, 0.15) is 0 Å². The minimum atomic E-state index is -0.497. The van der Waals surface area contributed by atoms with Crippen molar-refractivity contribution in [3.05, 3.63) is 70.8 Å². The summed E-state index contributed by atoms with van der Waals surface area (Å²) in [6.07, 6.45) is 3.85. The van der Waals surface area contributed by atoms with Crippen molar-refractivity contribution in [2.45, 2.75) is 32.4 Å². The van der Waals surface area contributed by atoms with Crippen LogP contribution in [0.25, 0.3) is 0 Å². The van der Waals surface area contributed by atoms with E-state index in [1.54, 1.807) is 24.3 Å². The number of carbonyl (C=O) groups excluding carboxylic acids is 2. The van der Waals surface area contributed by atoms with Crippen LogP contribution in [0, 0.1) is 0 Å². The van der Waals surface area contributed by atoms with Crippen LogP contribution in [0.3, 0.4) is 0 Å². The Morgan fingerprint density at radius 3 is 2.15 bits per heavy atom. The summed E-state index contributed by atoms with van der Waals surface area (Å²) in [6.45, 7) is 3.71. The van der Waals surface area contributed by atoms with Gasteiger partial charge in [0.15, 0.2) is 0 Å². The van der Waals surface area contributed by atoms with Crippen molar-refractivity contribution in [2.75, 3.05) is 13.1 Å². The number of carbonyl (C=O) groups is 2. The third-order valence-corrected chi connectivity index (χ3v) is 4.83. The van der Waals surface area contributed by atoms with Crippen molar-refractivity contribution in [3.8, 4) is 0 Å². The first kappa shape index (κ1) is 18.1. The van der Waals surface area contributed by atoms with Crippen molar-refractivity contribution >= 4 is 11.8 Å². The predicted molar refractivity (Wildman–Crippen MR) is 102 cm³/mol. The van der Waals surface area contributed by atoms with Crippen LogP contribution in [-0.2, 0) is 13.1 Å². The summed E-state index contributed by atoms with van der Waals surface area (Å²) in [7, 11) is 0. The molecule has 2 aromatic carbocycles. The summed E-state index contributed by atoms with van der Waals surface area (Å²) in [6, 6.07) is 14.6. The molecule has 0 aromatic heterocycles. The molecular weight excluding hydrogens is 326 g/mol. The fourth-order valence-electron chi connectivity index (χ4n) is 3.31. The summed E-state index contributed by atoms with van der Waals surface area (Å²) in [5.74, 6) is -0.655. The Labute approximate surface area is 154 Å². The van der Waals surface area contributed by atoms with Gasteiger partial charge in [-0.3, -0.25) is 14.5 Å². The highest BCUT2D eigenvalue weighted by atomic mass is 16.2. The van der Waals surface area contributed by atoms with Gasteiger partial charge in [0.05, 0.1) is 0 Å². The molecule has 1 aliphatic heterocycles. The lowest BCUT2D eigenvalue weighted by Gasteiger charge is -2.27. The standard InChI is InChI=1S/C21H25N3O2/c22-20(25)16-8-10-17(11-9-16)21(26)23-14-18-6-2-3-7-19(18)15-24-12-4-1-5-13-24/h2-3,6-11H,1,4-5,12-15H2,(H2,22,25)(H,23,26). The molecule has 0 atom stereocenters. The van der Waals surface area contributed by atoms with E-state index in [1.165, 1.54) is 24.8 Å². The molecule has 0 radical (unpaired) electrons. The zero-order chi connectivity index (χ0) is 18.4. The Hall–Kier alpha value is -2.66. The van der Waals surface area contributed by atoms with E-state index < -0.39 is 5.91 Å². The van der Waals surface area contributed by atoms with E-state index in [4.69, 9.17) is 5.73 Å². The van der Waals surface area contributed by atoms with Crippen LogP contribution in [-0.4, -0.2) is 29.8 Å². The second-order valence-corrected chi connectivity index (χ2v) is 6.73. The number of piperidine rings is 1. The summed E-state index contributed by atoms with van der Waals surface area (Å²) in [5, 5.41) is 2.97. The van der Waals surface area contributed by atoms with Crippen molar-refractivity contribution in [1.82, 2.24) is 10.2 Å². The van der Waals surface area contributed by atoms with Gasteiger partial charge in [-0.05, 0) is 61.3 Å². The maximum absolute atomic E-state index is 12.4. The smallest absolute Gasteiger partial charge is 0.251 e. The van der Waals surface area contributed by atoms with Crippen LogP contribution in [0.2, 0.25) is 0 Å². The van der Waals surface area contributed by atoms with Gasteiger partial charge in [-0.2, -0.15) is 0 Å². The first-order valence-corrected chi connectivity index (χ1v) is 9.10. The Morgan fingerprint density at radius 2 is 1.50 bits per heavy atom. The maximum atomic E-state index is 12.4. The number of nitrogens with one attached hydrogen (secondary N) is 1. The van der Waals surface area contributed by atoms with Gasteiger partial charge >= 0.3 is 0 Å².